The Kier molecular flexibility index (Phi) is 5.02. The monoisotopic (exact) mass is 295 g/mol. The molecule has 0 spiro atoms. The Labute approximate surface area is 101 Å². The Morgan fingerprint density at radius 1 is 1.47 bits per heavy atom. The van der Waals surface area contributed by atoms with Crippen molar-refractivity contribution < 1.29 is 8.78 Å². The van der Waals surface area contributed by atoms with Crippen molar-refractivity contribution in [2.24, 2.45) is 5.73 Å². The number of thioether (sulfide) groups is 1. The van der Waals surface area contributed by atoms with Crippen LogP contribution in [0.25, 0.3) is 0 Å². The first kappa shape index (κ1) is 12.9. The molecule has 1 rings (SSSR count). The molecule has 0 saturated heterocycles. The zero-order chi connectivity index (χ0) is 11.4. The van der Waals surface area contributed by atoms with E-state index in [1.165, 1.54) is 12.1 Å². The number of nitrogens with two attached hydrogens (primary N) is 1. The molecular weight excluding hydrogens is 284 g/mol. The van der Waals surface area contributed by atoms with Gasteiger partial charge in [0.05, 0.1) is 4.47 Å². The molecule has 15 heavy (non-hydrogen) atoms. The van der Waals surface area contributed by atoms with Crippen LogP contribution in [0.4, 0.5) is 8.78 Å². The summed E-state index contributed by atoms with van der Waals surface area (Å²) in [5, 5.41) is 0. The summed E-state index contributed by atoms with van der Waals surface area (Å²) in [6.45, 7) is 0. The van der Waals surface area contributed by atoms with E-state index in [1.807, 2.05) is 6.26 Å². The molecule has 2 N–H and O–H groups in total. The third-order valence-corrected chi connectivity index (χ3v) is 3.34. The van der Waals surface area contributed by atoms with Crippen molar-refractivity contribution in [2.45, 2.75) is 12.5 Å². The van der Waals surface area contributed by atoms with Crippen LogP contribution in [0.2, 0.25) is 0 Å². The molecule has 0 aromatic heterocycles. The van der Waals surface area contributed by atoms with Gasteiger partial charge in [-0.25, -0.2) is 8.78 Å². The average Bonchev–Trinajstić information content (AvgIpc) is 2.21. The maximum absolute atomic E-state index is 13.6. The van der Waals surface area contributed by atoms with Crippen LogP contribution in [-0.4, -0.2) is 12.0 Å². The fraction of sp³-hybridized carbons (Fsp3) is 0.400. The second-order valence-electron chi connectivity index (χ2n) is 3.14. The topological polar surface area (TPSA) is 26.0 Å². The van der Waals surface area contributed by atoms with Crippen molar-refractivity contribution in [1.29, 1.82) is 0 Å². The first-order valence-electron chi connectivity index (χ1n) is 4.45. The lowest BCUT2D eigenvalue weighted by Gasteiger charge is -2.13. The molecule has 0 saturated carbocycles. The molecule has 0 aliphatic heterocycles. The average molecular weight is 296 g/mol. The van der Waals surface area contributed by atoms with Gasteiger partial charge in [0.2, 0.25) is 0 Å². The van der Waals surface area contributed by atoms with E-state index < -0.39 is 17.7 Å². The van der Waals surface area contributed by atoms with E-state index >= 15 is 0 Å². The van der Waals surface area contributed by atoms with E-state index in [0.717, 1.165) is 5.75 Å². The first-order valence-corrected chi connectivity index (χ1v) is 6.64. The number of hydrogen-bond donors (Lipinski definition) is 1. The quantitative estimate of drug-likeness (QED) is 0.861. The van der Waals surface area contributed by atoms with Crippen LogP contribution in [-0.2, 0) is 0 Å². The lowest BCUT2D eigenvalue weighted by atomic mass is 10.0. The van der Waals surface area contributed by atoms with Crippen molar-refractivity contribution in [2.75, 3.05) is 12.0 Å². The maximum atomic E-state index is 13.6. The molecule has 1 atom stereocenters. The Morgan fingerprint density at radius 3 is 2.73 bits per heavy atom. The lowest BCUT2D eigenvalue weighted by Crippen LogP contribution is -2.15. The van der Waals surface area contributed by atoms with Gasteiger partial charge in [0.1, 0.15) is 11.6 Å². The highest BCUT2D eigenvalue weighted by Crippen LogP contribution is 2.27. The van der Waals surface area contributed by atoms with Gasteiger partial charge < -0.3 is 5.73 Å². The minimum atomic E-state index is -0.594. The summed E-state index contributed by atoms with van der Waals surface area (Å²) in [5.74, 6) is -0.389. The fourth-order valence-corrected chi connectivity index (χ4v) is 2.11. The van der Waals surface area contributed by atoms with Gasteiger partial charge in [0, 0.05) is 11.6 Å². The van der Waals surface area contributed by atoms with Gasteiger partial charge in [-0.3, -0.25) is 0 Å². The van der Waals surface area contributed by atoms with Crippen LogP contribution in [0.15, 0.2) is 16.6 Å². The molecular formula is C10H12BrF2NS. The smallest absolute Gasteiger partial charge is 0.145 e. The van der Waals surface area contributed by atoms with Crippen molar-refractivity contribution >= 4 is 27.7 Å². The summed E-state index contributed by atoms with van der Waals surface area (Å²) in [6.07, 6.45) is 2.49. The fourth-order valence-electron chi connectivity index (χ4n) is 1.27. The van der Waals surface area contributed by atoms with Gasteiger partial charge in [0.15, 0.2) is 0 Å². The number of benzene rings is 1. The largest absolute Gasteiger partial charge is 0.324 e. The van der Waals surface area contributed by atoms with Gasteiger partial charge in [0.25, 0.3) is 0 Å². The summed E-state index contributed by atoms with van der Waals surface area (Å²) in [6, 6.07) is 1.98. The van der Waals surface area contributed by atoms with E-state index in [2.05, 4.69) is 15.9 Å². The zero-order valence-corrected chi connectivity index (χ0v) is 10.7. The second kappa shape index (κ2) is 5.82. The molecule has 0 aliphatic rings. The Morgan fingerprint density at radius 2 is 2.13 bits per heavy atom. The predicted octanol–water partition coefficient (Wildman–Crippen LogP) is 3.48. The van der Waals surface area contributed by atoms with Gasteiger partial charge in [-0.05, 0) is 46.5 Å². The Hall–Kier alpha value is -0.130. The van der Waals surface area contributed by atoms with E-state index in [4.69, 9.17) is 5.73 Å². The van der Waals surface area contributed by atoms with Crippen LogP contribution >= 0.6 is 27.7 Å². The minimum absolute atomic E-state index is 0.0292. The SMILES string of the molecule is CSCCC(N)c1c(F)ccc(Br)c1F. The van der Waals surface area contributed by atoms with Crippen LogP contribution < -0.4 is 5.73 Å². The highest BCUT2D eigenvalue weighted by molar-refractivity contribution is 9.10. The van der Waals surface area contributed by atoms with E-state index in [1.54, 1.807) is 11.8 Å². The molecule has 0 heterocycles. The summed E-state index contributed by atoms with van der Waals surface area (Å²) in [4.78, 5) is 0. The number of rotatable bonds is 4. The van der Waals surface area contributed by atoms with Crippen molar-refractivity contribution in [3.8, 4) is 0 Å². The lowest BCUT2D eigenvalue weighted by molar-refractivity contribution is 0.518. The van der Waals surface area contributed by atoms with Gasteiger partial charge in [-0.15, -0.1) is 0 Å². The van der Waals surface area contributed by atoms with E-state index in [0.29, 0.717) is 6.42 Å². The van der Waals surface area contributed by atoms with Crippen LogP contribution in [0.3, 0.4) is 0 Å². The second-order valence-corrected chi connectivity index (χ2v) is 4.98. The Bertz CT molecular complexity index is 346. The summed E-state index contributed by atoms with van der Waals surface area (Å²) in [7, 11) is 0. The summed E-state index contributed by atoms with van der Waals surface area (Å²) < 4.78 is 27.2. The third kappa shape index (κ3) is 3.16. The summed E-state index contributed by atoms with van der Waals surface area (Å²) in [5.41, 5.74) is 5.71. The molecule has 1 nitrogen and oxygen atoms in total. The van der Waals surface area contributed by atoms with Crippen LogP contribution in [0.5, 0.6) is 0 Å². The molecule has 1 unspecified atom stereocenters. The van der Waals surface area contributed by atoms with Crippen molar-refractivity contribution in [1.82, 2.24) is 0 Å². The molecule has 0 bridgehead atoms. The van der Waals surface area contributed by atoms with Gasteiger partial charge >= 0.3 is 0 Å². The molecule has 5 heteroatoms. The third-order valence-electron chi connectivity index (χ3n) is 2.08. The van der Waals surface area contributed by atoms with Crippen molar-refractivity contribution in [3.05, 3.63) is 33.8 Å². The number of hydrogen-bond acceptors (Lipinski definition) is 2. The van der Waals surface area contributed by atoms with Crippen molar-refractivity contribution in [3.63, 3.8) is 0 Å². The minimum Gasteiger partial charge on any atom is -0.324 e. The highest BCUT2D eigenvalue weighted by atomic mass is 79.9. The first-order chi connectivity index (χ1) is 7.07. The van der Waals surface area contributed by atoms with Crippen LogP contribution in [0.1, 0.15) is 18.0 Å². The standard InChI is InChI=1S/C10H12BrF2NS/c1-15-5-4-8(14)9-7(12)3-2-6(11)10(9)13/h2-3,8H,4-5,14H2,1H3. The molecule has 84 valence electrons. The maximum Gasteiger partial charge on any atom is 0.145 e. The van der Waals surface area contributed by atoms with Crippen LogP contribution in [0, 0.1) is 11.6 Å². The van der Waals surface area contributed by atoms with E-state index in [-0.39, 0.29) is 10.0 Å². The molecule has 0 amide bonds. The Balaban J connectivity index is 2.96. The molecule has 0 radical (unpaired) electrons. The normalized spacial score (nSPS) is 12.9. The number of halogens is 3. The molecule has 1 aromatic carbocycles. The van der Waals surface area contributed by atoms with E-state index in [9.17, 15) is 8.78 Å². The zero-order valence-electron chi connectivity index (χ0n) is 8.27. The predicted molar refractivity (Wildman–Crippen MR) is 64.0 cm³/mol. The molecule has 0 fully saturated rings. The van der Waals surface area contributed by atoms with Gasteiger partial charge in [-0.2, -0.15) is 11.8 Å². The highest BCUT2D eigenvalue weighted by Gasteiger charge is 2.18. The van der Waals surface area contributed by atoms with Gasteiger partial charge in [-0.1, -0.05) is 0 Å². The molecule has 1 aromatic rings. The molecule has 0 aliphatic carbocycles. The summed E-state index contributed by atoms with van der Waals surface area (Å²) >= 11 is 4.62.